The summed E-state index contributed by atoms with van der Waals surface area (Å²) in [6.07, 6.45) is 4.14. The Morgan fingerprint density at radius 1 is 1.02 bits per heavy atom. The Hall–Kier alpha value is -3.84. The second-order valence-electron chi connectivity index (χ2n) is 13.2. The summed E-state index contributed by atoms with van der Waals surface area (Å²) in [6.45, 7) is 5.31. The van der Waals surface area contributed by atoms with Crippen molar-refractivity contribution in [3.05, 3.63) is 87.9 Å². The molecular formula is C37H42BrN3O8. The van der Waals surface area contributed by atoms with Gasteiger partial charge in [-0.15, -0.1) is 0 Å². The van der Waals surface area contributed by atoms with Gasteiger partial charge in [0.25, 0.3) is 5.91 Å². The number of benzene rings is 2. The van der Waals surface area contributed by atoms with E-state index >= 15 is 4.79 Å². The molecular weight excluding hydrogens is 694 g/mol. The molecule has 2 fully saturated rings. The van der Waals surface area contributed by atoms with Crippen LogP contribution >= 0.6 is 15.9 Å². The fourth-order valence-corrected chi connectivity index (χ4v) is 8.58. The summed E-state index contributed by atoms with van der Waals surface area (Å²) < 4.78 is 18.9. The Balaban J connectivity index is 1.51. The van der Waals surface area contributed by atoms with E-state index in [9.17, 15) is 19.5 Å². The molecule has 2 aromatic rings. The van der Waals surface area contributed by atoms with Crippen molar-refractivity contribution in [3.8, 4) is 0 Å². The fourth-order valence-electron chi connectivity index (χ4n) is 7.84. The van der Waals surface area contributed by atoms with Gasteiger partial charge < -0.3 is 34.4 Å². The average Bonchev–Trinajstić information content (AvgIpc) is 3.68. The van der Waals surface area contributed by atoms with Crippen molar-refractivity contribution in [3.63, 3.8) is 0 Å². The number of esters is 1. The highest BCUT2D eigenvalue weighted by molar-refractivity contribution is 9.11. The summed E-state index contributed by atoms with van der Waals surface area (Å²) >= 11 is 3.60. The van der Waals surface area contributed by atoms with E-state index < -0.39 is 72.2 Å². The minimum Gasteiger partial charge on any atom is -0.455 e. The van der Waals surface area contributed by atoms with Crippen molar-refractivity contribution in [2.24, 2.45) is 11.8 Å². The Morgan fingerprint density at radius 2 is 1.73 bits per heavy atom. The van der Waals surface area contributed by atoms with Crippen LogP contribution in [0.1, 0.15) is 42.6 Å². The number of fused-ring (bicyclic) bond motifs is 2. The minimum absolute atomic E-state index is 0.0536. The highest BCUT2D eigenvalue weighted by atomic mass is 79.9. The maximum absolute atomic E-state index is 15.1. The first-order chi connectivity index (χ1) is 23.5. The summed E-state index contributed by atoms with van der Waals surface area (Å²) in [5, 5.41) is 13.4. The largest absolute Gasteiger partial charge is 0.455 e. The number of aryl methyl sites for hydroxylation is 2. The lowest BCUT2D eigenvalue weighted by atomic mass is 9.74. The van der Waals surface area contributed by atoms with E-state index in [0.29, 0.717) is 22.2 Å². The number of anilines is 1. The maximum Gasteiger partial charge on any atom is 0.313 e. The molecule has 0 radical (unpaired) electrons. The van der Waals surface area contributed by atoms with Gasteiger partial charge in [0.1, 0.15) is 29.8 Å². The number of nitrogens with one attached hydrogen (secondary N) is 1. The van der Waals surface area contributed by atoms with E-state index in [1.165, 1.54) is 12.0 Å². The van der Waals surface area contributed by atoms with Gasteiger partial charge in [0.05, 0.1) is 31.2 Å². The van der Waals surface area contributed by atoms with Gasteiger partial charge in [-0.3, -0.25) is 19.2 Å². The van der Waals surface area contributed by atoms with Gasteiger partial charge in [0.2, 0.25) is 11.8 Å². The number of allylic oxidation sites excluding steroid dienone is 1. The van der Waals surface area contributed by atoms with Crippen molar-refractivity contribution in [1.82, 2.24) is 10.2 Å². The lowest BCUT2D eigenvalue weighted by molar-refractivity contribution is -0.162. The van der Waals surface area contributed by atoms with E-state index in [4.69, 9.17) is 14.2 Å². The van der Waals surface area contributed by atoms with Crippen LogP contribution in [0.15, 0.2) is 71.2 Å². The number of aliphatic hydroxyl groups excluding tert-OH is 1. The van der Waals surface area contributed by atoms with E-state index in [1.54, 1.807) is 30.0 Å². The van der Waals surface area contributed by atoms with Crippen molar-refractivity contribution in [2.75, 3.05) is 31.8 Å². The van der Waals surface area contributed by atoms with Crippen LogP contribution in [-0.2, 0) is 33.4 Å². The second kappa shape index (κ2) is 14.2. The van der Waals surface area contributed by atoms with Gasteiger partial charge in [-0.1, -0.05) is 76.6 Å². The number of nitrogens with zero attached hydrogens (tertiary/aromatic N) is 2. The maximum atomic E-state index is 15.1. The first kappa shape index (κ1) is 35.0. The highest BCUT2D eigenvalue weighted by Gasteiger charge is 2.75. The normalized spacial score (nSPS) is 31.7. The zero-order valence-corrected chi connectivity index (χ0v) is 29.6. The zero-order chi connectivity index (χ0) is 35.0. The SMILES string of the molecule is COC[C@H]1NC(=O)CC/C=C\CN(c2c(C)cccc2C)C(=O)[C@@H]2N([C@H](C)CO)C(=O)[C@H]3[C@H](C(=O)O[C@@H]1c1ccccc1)[C@H]1O[C@@]23C=C1Br. The third kappa shape index (κ3) is 6.13. The van der Waals surface area contributed by atoms with Gasteiger partial charge in [-0.25, -0.2) is 0 Å². The first-order valence-corrected chi connectivity index (χ1v) is 17.4. The molecule has 6 rings (SSSR count). The van der Waals surface area contributed by atoms with Gasteiger partial charge in [-0.2, -0.15) is 0 Å². The number of carbonyl (C=O) groups is 4. The van der Waals surface area contributed by atoms with Crippen LogP contribution in [-0.4, -0.2) is 90.4 Å². The number of para-hydroxylation sites is 1. The molecule has 0 unspecified atom stereocenters. The van der Waals surface area contributed by atoms with E-state index in [0.717, 1.165) is 11.1 Å². The molecule has 260 valence electrons. The monoisotopic (exact) mass is 735 g/mol. The quantitative estimate of drug-likeness (QED) is 0.339. The molecule has 0 aromatic heterocycles. The summed E-state index contributed by atoms with van der Waals surface area (Å²) in [5.74, 6) is -4.07. The number of cyclic esters (lactones) is 1. The molecule has 1 spiro atoms. The molecule has 49 heavy (non-hydrogen) atoms. The highest BCUT2D eigenvalue weighted by Crippen LogP contribution is 2.59. The van der Waals surface area contributed by atoms with Crippen molar-refractivity contribution in [1.29, 1.82) is 0 Å². The number of hydrogen-bond acceptors (Lipinski definition) is 8. The summed E-state index contributed by atoms with van der Waals surface area (Å²) in [4.78, 5) is 60.4. The van der Waals surface area contributed by atoms with E-state index in [-0.39, 0.29) is 25.5 Å². The Bertz CT molecular complexity index is 1660. The number of amides is 3. The molecule has 12 heteroatoms. The van der Waals surface area contributed by atoms with Gasteiger partial charge in [0, 0.05) is 30.2 Å². The number of hydrogen-bond donors (Lipinski definition) is 2. The van der Waals surface area contributed by atoms with Crippen LogP contribution in [0.25, 0.3) is 0 Å². The summed E-state index contributed by atoms with van der Waals surface area (Å²) in [5.41, 5.74) is 1.53. The topological polar surface area (TPSA) is 135 Å². The molecule has 3 amide bonds. The molecule has 11 nitrogen and oxygen atoms in total. The molecule has 8 atom stereocenters. The van der Waals surface area contributed by atoms with Crippen molar-refractivity contribution in [2.45, 2.75) is 69.5 Å². The standard InChI is InChI=1S/C37H42BrN3O8/c1-21-12-11-13-22(2)30(21)40-17-10-6-9-16-27(43)39-26(20-47-4)31(24-14-7-5-8-15-24)48-36(46)28-29-34(44)41(23(3)19-42)33(35(40)45)37(29)18-25(38)32(28)49-37/h5-8,10-15,18,23,26,28-29,31-33,42H,9,16-17,19-20H2,1-4H3,(H,39,43)/b10-6-/t23-,26-,28+,29-,31-,32+,33+,37-/m1/s1. The molecule has 5 bridgehead atoms. The number of aliphatic hydroxyl groups is 1. The number of ether oxygens (including phenoxy) is 3. The van der Waals surface area contributed by atoms with Crippen molar-refractivity contribution < 1.29 is 38.5 Å². The van der Waals surface area contributed by atoms with Gasteiger partial charge in [0.15, 0.2) is 0 Å². The Morgan fingerprint density at radius 3 is 2.41 bits per heavy atom. The van der Waals surface area contributed by atoms with Crippen LogP contribution in [0.5, 0.6) is 0 Å². The fraction of sp³-hybridized carbons (Fsp3) is 0.459. The van der Waals surface area contributed by atoms with E-state index in [2.05, 4.69) is 21.2 Å². The van der Waals surface area contributed by atoms with Gasteiger partial charge in [-0.05, 0) is 50.0 Å². The molecule has 2 N–H and O–H groups in total. The molecule has 4 heterocycles. The molecule has 2 saturated heterocycles. The number of carbonyl (C=O) groups excluding carboxylic acids is 4. The first-order valence-electron chi connectivity index (χ1n) is 16.6. The predicted octanol–water partition coefficient (Wildman–Crippen LogP) is 3.66. The third-order valence-electron chi connectivity index (χ3n) is 10.0. The van der Waals surface area contributed by atoms with Crippen LogP contribution in [0.4, 0.5) is 5.69 Å². The molecule has 2 aromatic carbocycles. The second-order valence-corrected chi connectivity index (χ2v) is 14.1. The number of halogens is 1. The lowest BCUT2D eigenvalue weighted by Gasteiger charge is -2.38. The molecule has 4 aliphatic rings. The van der Waals surface area contributed by atoms with Crippen LogP contribution in [0.2, 0.25) is 0 Å². The lowest BCUT2D eigenvalue weighted by Crippen LogP contribution is -2.58. The van der Waals surface area contributed by atoms with Crippen LogP contribution in [0.3, 0.4) is 0 Å². The summed E-state index contributed by atoms with van der Waals surface area (Å²) in [7, 11) is 1.50. The zero-order valence-electron chi connectivity index (χ0n) is 28.0. The van der Waals surface area contributed by atoms with Crippen LogP contribution in [0, 0.1) is 25.7 Å². The Labute approximate surface area is 294 Å². The smallest absolute Gasteiger partial charge is 0.313 e. The van der Waals surface area contributed by atoms with E-state index in [1.807, 2.05) is 62.4 Å². The minimum atomic E-state index is -1.51. The number of rotatable bonds is 6. The molecule has 0 saturated carbocycles. The van der Waals surface area contributed by atoms with Crippen LogP contribution < -0.4 is 10.2 Å². The van der Waals surface area contributed by atoms with Crippen molar-refractivity contribution >= 4 is 45.3 Å². The third-order valence-corrected chi connectivity index (χ3v) is 10.7. The van der Waals surface area contributed by atoms with Gasteiger partial charge >= 0.3 is 5.97 Å². The molecule has 4 aliphatic heterocycles. The number of likely N-dealkylation sites (tertiary alicyclic amines) is 1. The molecule has 0 aliphatic carbocycles. The number of methoxy groups -OCH3 is 1. The average molecular weight is 737 g/mol. The summed E-state index contributed by atoms with van der Waals surface area (Å²) in [6, 6.07) is 12.1. The Kier molecular flexibility index (Phi) is 10.1. The predicted molar refractivity (Wildman–Crippen MR) is 185 cm³/mol.